The first-order valence-corrected chi connectivity index (χ1v) is 9.58. The highest BCUT2D eigenvalue weighted by atomic mass is 35.5. The van der Waals surface area contributed by atoms with Gasteiger partial charge in [0.1, 0.15) is 5.82 Å². The summed E-state index contributed by atoms with van der Waals surface area (Å²) in [6.45, 7) is 4.70. The average Bonchev–Trinajstić information content (AvgIpc) is 2.72. The molecule has 0 aliphatic heterocycles. The van der Waals surface area contributed by atoms with Crippen LogP contribution in [-0.2, 0) is 6.54 Å². The van der Waals surface area contributed by atoms with Gasteiger partial charge in [0.25, 0.3) is 0 Å². The van der Waals surface area contributed by atoms with E-state index >= 15 is 0 Å². The van der Waals surface area contributed by atoms with Gasteiger partial charge in [0.2, 0.25) is 5.95 Å². The Morgan fingerprint density at radius 1 is 1.04 bits per heavy atom. The lowest BCUT2D eigenvalue weighted by Crippen LogP contribution is -2.30. The fraction of sp³-hybridized carbons (Fsp3) is 0.286. The molecule has 0 fully saturated rings. The lowest BCUT2D eigenvalue weighted by atomic mass is 10.1. The van der Waals surface area contributed by atoms with Crippen molar-refractivity contribution >= 4 is 23.4 Å². The summed E-state index contributed by atoms with van der Waals surface area (Å²) in [5.41, 5.74) is 2.82. The molecular formula is C21H24ClN5O. The second kappa shape index (κ2) is 9.48. The van der Waals surface area contributed by atoms with Crippen LogP contribution in [-0.4, -0.2) is 32.7 Å². The third-order valence-corrected chi connectivity index (χ3v) is 4.66. The summed E-state index contributed by atoms with van der Waals surface area (Å²) in [5, 5.41) is 16.9. The zero-order valence-corrected chi connectivity index (χ0v) is 16.7. The van der Waals surface area contributed by atoms with Crippen LogP contribution in [0.15, 0.2) is 54.9 Å². The van der Waals surface area contributed by atoms with Crippen LogP contribution in [0, 0.1) is 5.92 Å². The minimum absolute atomic E-state index is 0.00798. The molecule has 0 aliphatic carbocycles. The molecule has 3 N–H and O–H groups in total. The largest absolute Gasteiger partial charge is 0.394 e. The summed E-state index contributed by atoms with van der Waals surface area (Å²) in [7, 11) is 0. The highest BCUT2D eigenvalue weighted by Gasteiger charge is 2.15. The highest BCUT2D eigenvalue weighted by molar-refractivity contribution is 6.30. The first-order valence-electron chi connectivity index (χ1n) is 9.20. The maximum atomic E-state index is 9.64. The van der Waals surface area contributed by atoms with E-state index < -0.39 is 0 Å². The summed E-state index contributed by atoms with van der Waals surface area (Å²) in [5.74, 6) is 1.41. The SMILES string of the molecule is CC(C)[C@@H](CO)Nc1nc(NCc2ccc(Cl)cc2)cc(-c2ccncc2)n1. The summed E-state index contributed by atoms with van der Waals surface area (Å²) >= 11 is 5.95. The Bertz CT molecular complexity index is 887. The number of nitrogens with zero attached hydrogens (tertiary/aromatic N) is 3. The molecule has 2 heterocycles. The van der Waals surface area contributed by atoms with Gasteiger partial charge in [-0.1, -0.05) is 37.6 Å². The van der Waals surface area contributed by atoms with Gasteiger partial charge in [-0.3, -0.25) is 4.98 Å². The van der Waals surface area contributed by atoms with Gasteiger partial charge >= 0.3 is 0 Å². The maximum Gasteiger partial charge on any atom is 0.225 e. The molecule has 0 saturated carbocycles. The van der Waals surface area contributed by atoms with E-state index in [4.69, 9.17) is 11.6 Å². The Hall–Kier alpha value is -2.70. The Labute approximate surface area is 170 Å². The molecular weight excluding hydrogens is 374 g/mol. The van der Waals surface area contributed by atoms with E-state index in [2.05, 4.69) is 25.6 Å². The van der Waals surface area contributed by atoms with E-state index in [9.17, 15) is 5.11 Å². The second-order valence-electron chi connectivity index (χ2n) is 6.86. The van der Waals surface area contributed by atoms with Crippen LogP contribution in [0.3, 0.4) is 0 Å². The van der Waals surface area contributed by atoms with Gasteiger partial charge in [-0.15, -0.1) is 0 Å². The van der Waals surface area contributed by atoms with Gasteiger partial charge in [0.05, 0.1) is 18.3 Å². The van der Waals surface area contributed by atoms with E-state index in [1.54, 1.807) is 12.4 Å². The minimum Gasteiger partial charge on any atom is -0.394 e. The Morgan fingerprint density at radius 3 is 2.39 bits per heavy atom. The second-order valence-corrected chi connectivity index (χ2v) is 7.29. The molecule has 0 unspecified atom stereocenters. The molecule has 6 nitrogen and oxygen atoms in total. The molecule has 3 aromatic rings. The van der Waals surface area contributed by atoms with Gasteiger partial charge < -0.3 is 15.7 Å². The summed E-state index contributed by atoms with van der Waals surface area (Å²) in [6.07, 6.45) is 3.46. The molecule has 1 aromatic carbocycles. The number of benzene rings is 1. The molecule has 28 heavy (non-hydrogen) atoms. The maximum absolute atomic E-state index is 9.64. The van der Waals surface area contributed by atoms with E-state index in [0.717, 1.165) is 16.8 Å². The van der Waals surface area contributed by atoms with E-state index in [1.807, 2.05) is 56.3 Å². The average molecular weight is 398 g/mol. The first-order chi connectivity index (χ1) is 13.5. The number of pyridine rings is 1. The fourth-order valence-corrected chi connectivity index (χ4v) is 2.78. The molecule has 0 bridgehead atoms. The lowest BCUT2D eigenvalue weighted by Gasteiger charge is -2.20. The third-order valence-electron chi connectivity index (χ3n) is 4.41. The summed E-state index contributed by atoms with van der Waals surface area (Å²) < 4.78 is 0. The van der Waals surface area contributed by atoms with Crippen LogP contribution in [0.5, 0.6) is 0 Å². The molecule has 0 saturated heterocycles. The molecule has 2 aromatic heterocycles. The van der Waals surface area contributed by atoms with Crippen molar-refractivity contribution in [3.05, 3.63) is 65.4 Å². The van der Waals surface area contributed by atoms with Crippen molar-refractivity contribution in [3.8, 4) is 11.3 Å². The van der Waals surface area contributed by atoms with Gasteiger partial charge in [0, 0.05) is 35.6 Å². The van der Waals surface area contributed by atoms with Crippen molar-refractivity contribution in [3.63, 3.8) is 0 Å². The van der Waals surface area contributed by atoms with Crippen LogP contribution in [0.25, 0.3) is 11.3 Å². The molecule has 3 rings (SSSR count). The normalized spacial score (nSPS) is 12.0. The van der Waals surface area contributed by atoms with Gasteiger partial charge in [0.15, 0.2) is 0 Å². The van der Waals surface area contributed by atoms with Gasteiger partial charge in [-0.2, -0.15) is 4.98 Å². The van der Waals surface area contributed by atoms with Crippen molar-refractivity contribution in [2.24, 2.45) is 5.92 Å². The van der Waals surface area contributed by atoms with Crippen molar-refractivity contribution in [2.45, 2.75) is 26.4 Å². The fourth-order valence-electron chi connectivity index (χ4n) is 2.66. The summed E-state index contributed by atoms with van der Waals surface area (Å²) in [6, 6.07) is 13.3. The van der Waals surface area contributed by atoms with Crippen LogP contribution in [0.1, 0.15) is 19.4 Å². The van der Waals surface area contributed by atoms with Crippen LogP contribution >= 0.6 is 11.6 Å². The molecule has 146 valence electrons. The standard InChI is InChI=1S/C21H24ClN5O/c1-14(2)19(13-28)26-21-25-18(16-7-9-23-10-8-16)11-20(27-21)24-12-15-3-5-17(22)6-4-15/h3-11,14,19,28H,12-13H2,1-2H3,(H2,24,25,26,27)/t19-/m1/s1. The molecule has 0 radical (unpaired) electrons. The van der Waals surface area contributed by atoms with Crippen LogP contribution in [0.2, 0.25) is 5.02 Å². The summed E-state index contributed by atoms with van der Waals surface area (Å²) in [4.78, 5) is 13.3. The Morgan fingerprint density at radius 2 is 1.75 bits per heavy atom. The number of nitrogens with one attached hydrogen (secondary N) is 2. The predicted octanol–water partition coefficient (Wildman–Crippen LogP) is 4.23. The van der Waals surface area contributed by atoms with Crippen LogP contribution in [0.4, 0.5) is 11.8 Å². The first kappa shape index (κ1) is 20.0. The quantitative estimate of drug-likeness (QED) is 0.527. The smallest absolute Gasteiger partial charge is 0.225 e. The number of aliphatic hydroxyl groups is 1. The van der Waals surface area contributed by atoms with Crippen molar-refractivity contribution in [1.29, 1.82) is 0 Å². The van der Waals surface area contributed by atoms with Crippen LogP contribution < -0.4 is 10.6 Å². The molecule has 0 spiro atoms. The number of aromatic nitrogens is 3. The molecule has 7 heteroatoms. The topological polar surface area (TPSA) is 83.0 Å². The van der Waals surface area contributed by atoms with Gasteiger partial charge in [-0.05, 0) is 35.7 Å². The lowest BCUT2D eigenvalue weighted by molar-refractivity contribution is 0.248. The minimum atomic E-state index is -0.128. The Balaban J connectivity index is 1.87. The zero-order chi connectivity index (χ0) is 19.9. The van der Waals surface area contributed by atoms with Crippen molar-refractivity contribution in [2.75, 3.05) is 17.2 Å². The van der Waals surface area contributed by atoms with Gasteiger partial charge in [-0.25, -0.2) is 4.98 Å². The number of halogens is 1. The molecule has 1 atom stereocenters. The number of rotatable bonds is 8. The monoisotopic (exact) mass is 397 g/mol. The predicted molar refractivity (Wildman–Crippen MR) is 113 cm³/mol. The highest BCUT2D eigenvalue weighted by Crippen LogP contribution is 2.22. The number of hydrogen-bond acceptors (Lipinski definition) is 6. The zero-order valence-electron chi connectivity index (χ0n) is 15.9. The number of anilines is 2. The van der Waals surface area contributed by atoms with Crippen molar-refractivity contribution in [1.82, 2.24) is 15.0 Å². The van der Waals surface area contributed by atoms with E-state index in [-0.39, 0.29) is 18.6 Å². The van der Waals surface area contributed by atoms with Crippen molar-refractivity contribution < 1.29 is 5.11 Å². The number of aliphatic hydroxyl groups excluding tert-OH is 1. The van der Waals surface area contributed by atoms with E-state index in [0.29, 0.717) is 23.3 Å². The Kier molecular flexibility index (Phi) is 6.79. The third kappa shape index (κ3) is 5.41. The van der Waals surface area contributed by atoms with E-state index in [1.165, 1.54) is 0 Å². The molecule has 0 aliphatic rings. The number of hydrogen-bond donors (Lipinski definition) is 3. The molecule has 0 amide bonds.